The minimum atomic E-state index is -0.328. The molecule has 0 unspecified atom stereocenters. The Morgan fingerprint density at radius 1 is 1.17 bits per heavy atom. The number of carbonyl (C=O) groups excluding carboxylic acids is 2. The minimum Gasteiger partial charge on any atom is -0.354 e. The Balaban J connectivity index is 1.59. The lowest BCUT2D eigenvalue weighted by molar-refractivity contribution is -0.119. The third kappa shape index (κ3) is 5.86. The lowest BCUT2D eigenvalue weighted by Crippen LogP contribution is -2.30. The molecule has 150 valence electrons. The van der Waals surface area contributed by atoms with Crippen molar-refractivity contribution in [1.29, 1.82) is 0 Å². The first-order chi connectivity index (χ1) is 13.9. The summed E-state index contributed by atoms with van der Waals surface area (Å²) in [7, 11) is 0. The van der Waals surface area contributed by atoms with Crippen molar-refractivity contribution in [3.8, 4) is 11.3 Å². The lowest BCUT2D eigenvalue weighted by Gasteiger charge is -2.12. The van der Waals surface area contributed by atoms with E-state index in [9.17, 15) is 14.4 Å². The Labute approximate surface area is 172 Å². The standard InChI is InChI=1S/C21H22N4O3S/c1-13(23-14(2)26)3-4-15-5-7-16(8-6-15)18-12-29-21(24-18)25-20(28)17-9-10-19(27)22-11-17/h5-13H,3-4H2,1-2H3,(H,22,27)(H,23,26)(H,24,25,28)/t13-/m1/s1. The quantitative estimate of drug-likeness (QED) is 0.556. The molecule has 1 aromatic carbocycles. The van der Waals surface area contributed by atoms with E-state index in [1.807, 2.05) is 36.6 Å². The Kier molecular flexibility index (Phi) is 6.56. The van der Waals surface area contributed by atoms with Crippen LogP contribution in [0.1, 0.15) is 36.2 Å². The van der Waals surface area contributed by atoms with E-state index in [1.165, 1.54) is 42.2 Å². The van der Waals surface area contributed by atoms with Gasteiger partial charge in [-0.2, -0.15) is 0 Å². The van der Waals surface area contributed by atoms with Crippen molar-refractivity contribution in [2.24, 2.45) is 0 Å². The summed E-state index contributed by atoms with van der Waals surface area (Å²) >= 11 is 1.34. The minimum absolute atomic E-state index is 0.0140. The Morgan fingerprint density at radius 2 is 1.93 bits per heavy atom. The number of amides is 2. The van der Waals surface area contributed by atoms with Gasteiger partial charge < -0.3 is 10.3 Å². The van der Waals surface area contributed by atoms with Gasteiger partial charge in [0.1, 0.15) is 0 Å². The Bertz CT molecular complexity index is 1040. The van der Waals surface area contributed by atoms with E-state index in [4.69, 9.17) is 0 Å². The van der Waals surface area contributed by atoms with Crippen molar-refractivity contribution >= 4 is 28.3 Å². The van der Waals surface area contributed by atoms with Crippen LogP contribution in [0.25, 0.3) is 11.3 Å². The summed E-state index contributed by atoms with van der Waals surface area (Å²) < 4.78 is 0. The van der Waals surface area contributed by atoms with E-state index in [-0.39, 0.29) is 23.4 Å². The molecule has 0 fully saturated rings. The molecular formula is C21H22N4O3S. The van der Waals surface area contributed by atoms with Crippen molar-refractivity contribution in [2.45, 2.75) is 32.7 Å². The van der Waals surface area contributed by atoms with E-state index in [1.54, 1.807) is 0 Å². The molecule has 0 saturated carbocycles. The van der Waals surface area contributed by atoms with E-state index in [0.717, 1.165) is 24.1 Å². The number of aromatic nitrogens is 2. The van der Waals surface area contributed by atoms with E-state index in [2.05, 4.69) is 20.6 Å². The maximum Gasteiger partial charge on any atom is 0.258 e. The number of benzene rings is 1. The molecule has 2 aromatic heterocycles. The average Bonchev–Trinajstić information content (AvgIpc) is 3.15. The fourth-order valence-electron chi connectivity index (χ4n) is 2.83. The zero-order valence-electron chi connectivity index (χ0n) is 16.2. The van der Waals surface area contributed by atoms with Crippen LogP contribution in [0.15, 0.2) is 52.8 Å². The number of hydrogen-bond donors (Lipinski definition) is 3. The number of rotatable bonds is 7. The summed E-state index contributed by atoms with van der Waals surface area (Å²) in [4.78, 5) is 41.3. The second-order valence-corrected chi connectivity index (χ2v) is 7.63. The number of nitrogens with one attached hydrogen (secondary N) is 3. The van der Waals surface area contributed by atoms with E-state index in [0.29, 0.717) is 10.7 Å². The molecule has 0 radical (unpaired) electrons. The number of carbonyl (C=O) groups is 2. The number of aryl methyl sites for hydroxylation is 1. The molecule has 0 aliphatic carbocycles. The monoisotopic (exact) mass is 410 g/mol. The molecule has 3 rings (SSSR count). The fourth-order valence-corrected chi connectivity index (χ4v) is 3.54. The predicted octanol–water partition coefficient (Wildman–Crippen LogP) is 3.21. The topological polar surface area (TPSA) is 104 Å². The summed E-state index contributed by atoms with van der Waals surface area (Å²) in [5.41, 5.74) is 3.03. The zero-order valence-corrected chi connectivity index (χ0v) is 17.0. The highest BCUT2D eigenvalue weighted by Gasteiger charge is 2.10. The molecule has 0 aliphatic rings. The number of H-pyrrole nitrogens is 1. The molecule has 0 spiro atoms. The maximum absolute atomic E-state index is 12.2. The van der Waals surface area contributed by atoms with Crippen LogP contribution in [-0.4, -0.2) is 27.8 Å². The van der Waals surface area contributed by atoms with Gasteiger partial charge in [-0.05, 0) is 31.4 Å². The summed E-state index contributed by atoms with van der Waals surface area (Å²) in [5.74, 6) is -0.342. The molecular weight excluding hydrogens is 388 g/mol. The first-order valence-corrected chi connectivity index (χ1v) is 10.1. The number of nitrogens with zero attached hydrogens (tertiary/aromatic N) is 1. The van der Waals surface area contributed by atoms with Crippen LogP contribution in [0.2, 0.25) is 0 Å². The molecule has 0 saturated heterocycles. The van der Waals surface area contributed by atoms with Crippen molar-refractivity contribution in [1.82, 2.24) is 15.3 Å². The second-order valence-electron chi connectivity index (χ2n) is 6.77. The van der Waals surface area contributed by atoms with Crippen LogP contribution in [-0.2, 0) is 11.2 Å². The molecule has 2 amide bonds. The highest BCUT2D eigenvalue weighted by molar-refractivity contribution is 7.14. The predicted molar refractivity (Wildman–Crippen MR) is 114 cm³/mol. The molecule has 7 nitrogen and oxygen atoms in total. The highest BCUT2D eigenvalue weighted by Crippen LogP contribution is 2.25. The van der Waals surface area contributed by atoms with Gasteiger partial charge in [0.15, 0.2) is 5.13 Å². The molecule has 3 aromatic rings. The van der Waals surface area contributed by atoms with Gasteiger partial charge in [-0.3, -0.25) is 19.7 Å². The number of anilines is 1. The van der Waals surface area contributed by atoms with Crippen LogP contribution >= 0.6 is 11.3 Å². The highest BCUT2D eigenvalue weighted by atomic mass is 32.1. The van der Waals surface area contributed by atoms with Crippen molar-refractivity contribution in [3.63, 3.8) is 0 Å². The third-order valence-corrected chi connectivity index (χ3v) is 5.09. The Morgan fingerprint density at radius 3 is 2.59 bits per heavy atom. The number of hydrogen-bond acceptors (Lipinski definition) is 5. The Hall–Kier alpha value is -3.26. The summed E-state index contributed by atoms with van der Waals surface area (Å²) in [5, 5.41) is 8.00. The normalized spacial score (nSPS) is 11.7. The van der Waals surface area contributed by atoms with Gasteiger partial charge >= 0.3 is 0 Å². The molecule has 8 heteroatoms. The van der Waals surface area contributed by atoms with Crippen LogP contribution in [0, 0.1) is 0 Å². The van der Waals surface area contributed by atoms with Crippen LogP contribution in [0.3, 0.4) is 0 Å². The van der Waals surface area contributed by atoms with Gasteiger partial charge in [0.25, 0.3) is 5.91 Å². The number of aromatic amines is 1. The molecule has 2 heterocycles. The summed E-state index contributed by atoms with van der Waals surface area (Å²) in [6.07, 6.45) is 3.12. The van der Waals surface area contributed by atoms with Gasteiger partial charge in [-0.15, -0.1) is 11.3 Å². The SMILES string of the molecule is CC(=O)N[C@H](C)CCc1ccc(-c2csc(NC(=O)c3ccc(=O)[nH]c3)n2)cc1. The number of thiazole rings is 1. The van der Waals surface area contributed by atoms with Gasteiger partial charge in [0.05, 0.1) is 11.3 Å². The average molecular weight is 410 g/mol. The zero-order chi connectivity index (χ0) is 20.8. The number of pyridine rings is 1. The van der Waals surface area contributed by atoms with Crippen molar-refractivity contribution in [2.75, 3.05) is 5.32 Å². The van der Waals surface area contributed by atoms with Gasteiger partial charge in [-0.25, -0.2) is 4.98 Å². The van der Waals surface area contributed by atoms with Crippen LogP contribution < -0.4 is 16.2 Å². The molecule has 0 bridgehead atoms. The smallest absolute Gasteiger partial charge is 0.258 e. The molecule has 3 N–H and O–H groups in total. The van der Waals surface area contributed by atoms with Crippen molar-refractivity contribution < 1.29 is 9.59 Å². The first kappa shape index (κ1) is 20.5. The molecule has 29 heavy (non-hydrogen) atoms. The largest absolute Gasteiger partial charge is 0.354 e. The summed E-state index contributed by atoms with van der Waals surface area (Å²) in [6.45, 7) is 3.52. The first-order valence-electron chi connectivity index (χ1n) is 9.23. The van der Waals surface area contributed by atoms with Crippen LogP contribution in [0.5, 0.6) is 0 Å². The van der Waals surface area contributed by atoms with Crippen LogP contribution in [0.4, 0.5) is 5.13 Å². The van der Waals surface area contributed by atoms with Gasteiger partial charge in [0.2, 0.25) is 11.5 Å². The van der Waals surface area contributed by atoms with E-state index >= 15 is 0 Å². The lowest BCUT2D eigenvalue weighted by atomic mass is 10.0. The molecule has 1 atom stereocenters. The second kappa shape index (κ2) is 9.29. The van der Waals surface area contributed by atoms with Gasteiger partial charge in [0, 0.05) is 36.2 Å². The fraction of sp³-hybridized carbons (Fsp3) is 0.238. The summed E-state index contributed by atoms with van der Waals surface area (Å²) in [6, 6.07) is 11.0. The maximum atomic E-state index is 12.2. The van der Waals surface area contributed by atoms with E-state index < -0.39 is 0 Å². The third-order valence-electron chi connectivity index (χ3n) is 4.34. The van der Waals surface area contributed by atoms with Crippen molar-refractivity contribution in [3.05, 3.63) is 69.5 Å². The van der Waals surface area contributed by atoms with Gasteiger partial charge in [-0.1, -0.05) is 24.3 Å². The molecule has 0 aliphatic heterocycles.